The van der Waals surface area contributed by atoms with Gasteiger partial charge in [-0.3, -0.25) is 14.4 Å². The summed E-state index contributed by atoms with van der Waals surface area (Å²) in [7, 11) is 1.25. The first-order chi connectivity index (χ1) is 9.45. The second kappa shape index (κ2) is 7.32. The molecule has 1 aromatic heterocycles. The predicted octanol–water partition coefficient (Wildman–Crippen LogP) is 0.419. The highest BCUT2D eigenvalue weighted by Crippen LogP contribution is 2.01. The molecular formula is C13H18N2O5. The van der Waals surface area contributed by atoms with Crippen molar-refractivity contribution in [1.29, 1.82) is 0 Å². The van der Waals surface area contributed by atoms with E-state index in [1.54, 1.807) is 19.9 Å². The molecule has 0 aliphatic carbocycles. The standard InChI is InChI=1S/C13H18N2O5/c1-9(2)15(8-12(17)19-3)11(16)7-14-13(18)10-5-4-6-20-10/h4-6,9H,7-8H2,1-3H3,(H,14,18). The van der Waals surface area contributed by atoms with E-state index in [4.69, 9.17) is 4.42 Å². The van der Waals surface area contributed by atoms with Gasteiger partial charge in [0.05, 0.1) is 19.9 Å². The van der Waals surface area contributed by atoms with Crippen LogP contribution in [0.2, 0.25) is 0 Å². The van der Waals surface area contributed by atoms with Crippen molar-refractivity contribution in [2.45, 2.75) is 19.9 Å². The van der Waals surface area contributed by atoms with Crippen LogP contribution in [0.15, 0.2) is 22.8 Å². The Hall–Kier alpha value is -2.31. The summed E-state index contributed by atoms with van der Waals surface area (Å²) in [6.07, 6.45) is 1.37. The molecule has 0 unspecified atom stereocenters. The lowest BCUT2D eigenvalue weighted by Crippen LogP contribution is -2.46. The molecule has 1 heterocycles. The SMILES string of the molecule is COC(=O)CN(C(=O)CNC(=O)c1ccco1)C(C)C. The lowest BCUT2D eigenvalue weighted by Gasteiger charge is -2.25. The molecule has 0 aromatic carbocycles. The molecule has 0 aliphatic heterocycles. The Morgan fingerprint density at radius 2 is 2.10 bits per heavy atom. The van der Waals surface area contributed by atoms with Gasteiger partial charge in [-0.1, -0.05) is 0 Å². The summed E-state index contributed by atoms with van der Waals surface area (Å²) in [5.41, 5.74) is 0. The van der Waals surface area contributed by atoms with Gasteiger partial charge in [-0.15, -0.1) is 0 Å². The maximum absolute atomic E-state index is 12.0. The zero-order valence-electron chi connectivity index (χ0n) is 11.7. The molecule has 7 heteroatoms. The van der Waals surface area contributed by atoms with E-state index in [1.165, 1.54) is 24.3 Å². The summed E-state index contributed by atoms with van der Waals surface area (Å²) >= 11 is 0. The number of nitrogens with one attached hydrogen (secondary N) is 1. The van der Waals surface area contributed by atoms with E-state index in [9.17, 15) is 14.4 Å². The molecule has 0 aliphatic rings. The number of esters is 1. The fourth-order valence-electron chi connectivity index (χ4n) is 1.51. The van der Waals surface area contributed by atoms with E-state index in [-0.39, 0.29) is 30.8 Å². The molecule has 0 saturated heterocycles. The molecule has 0 spiro atoms. The van der Waals surface area contributed by atoms with E-state index in [0.717, 1.165) is 0 Å². The average Bonchev–Trinajstić information content (AvgIpc) is 2.95. The van der Waals surface area contributed by atoms with E-state index < -0.39 is 11.9 Å². The van der Waals surface area contributed by atoms with Crippen LogP contribution in [0.5, 0.6) is 0 Å². The molecule has 2 amide bonds. The van der Waals surface area contributed by atoms with Crippen molar-refractivity contribution in [2.75, 3.05) is 20.2 Å². The minimum absolute atomic E-state index is 0.127. The number of furan rings is 1. The van der Waals surface area contributed by atoms with Gasteiger partial charge in [-0.2, -0.15) is 0 Å². The van der Waals surface area contributed by atoms with Crippen LogP contribution in [0, 0.1) is 0 Å². The first-order valence-electron chi connectivity index (χ1n) is 6.13. The third-order valence-electron chi connectivity index (χ3n) is 2.62. The molecule has 0 radical (unpaired) electrons. The Bertz CT molecular complexity index is 467. The first-order valence-corrected chi connectivity index (χ1v) is 6.13. The number of amides is 2. The maximum atomic E-state index is 12.0. The van der Waals surface area contributed by atoms with Gasteiger partial charge in [0, 0.05) is 6.04 Å². The normalized spacial score (nSPS) is 10.2. The van der Waals surface area contributed by atoms with Crippen LogP contribution < -0.4 is 5.32 Å². The highest BCUT2D eigenvalue weighted by Gasteiger charge is 2.21. The van der Waals surface area contributed by atoms with E-state index in [2.05, 4.69) is 10.1 Å². The largest absolute Gasteiger partial charge is 0.468 e. The van der Waals surface area contributed by atoms with Crippen molar-refractivity contribution in [1.82, 2.24) is 10.2 Å². The van der Waals surface area contributed by atoms with E-state index in [1.807, 2.05) is 0 Å². The summed E-state index contributed by atoms with van der Waals surface area (Å²) < 4.78 is 9.44. The van der Waals surface area contributed by atoms with Crippen LogP contribution in [0.25, 0.3) is 0 Å². The third-order valence-corrected chi connectivity index (χ3v) is 2.62. The maximum Gasteiger partial charge on any atom is 0.325 e. The van der Waals surface area contributed by atoms with Crippen molar-refractivity contribution in [3.8, 4) is 0 Å². The zero-order valence-corrected chi connectivity index (χ0v) is 11.7. The van der Waals surface area contributed by atoms with Crippen LogP contribution in [-0.4, -0.2) is 48.9 Å². The Morgan fingerprint density at radius 1 is 1.40 bits per heavy atom. The molecular weight excluding hydrogens is 264 g/mol. The number of methoxy groups -OCH3 is 1. The molecule has 1 rings (SSSR count). The predicted molar refractivity (Wildman–Crippen MR) is 69.9 cm³/mol. The quantitative estimate of drug-likeness (QED) is 0.764. The summed E-state index contributed by atoms with van der Waals surface area (Å²) in [4.78, 5) is 36.2. The molecule has 1 aromatic rings. The van der Waals surface area contributed by atoms with Gasteiger partial charge in [-0.05, 0) is 26.0 Å². The number of hydrogen-bond acceptors (Lipinski definition) is 5. The molecule has 0 bridgehead atoms. The summed E-state index contributed by atoms with van der Waals surface area (Å²) in [5, 5.41) is 2.44. The lowest BCUT2D eigenvalue weighted by molar-refractivity contribution is -0.147. The van der Waals surface area contributed by atoms with Crippen LogP contribution in [0.3, 0.4) is 0 Å². The van der Waals surface area contributed by atoms with Gasteiger partial charge < -0.3 is 19.4 Å². The van der Waals surface area contributed by atoms with Gasteiger partial charge in [0.25, 0.3) is 5.91 Å². The second-order valence-corrected chi connectivity index (χ2v) is 4.35. The number of hydrogen-bond donors (Lipinski definition) is 1. The summed E-state index contributed by atoms with van der Waals surface area (Å²) in [5.74, 6) is -1.23. The molecule has 0 saturated carbocycles. The summed E-state index contributed by atoms with van der Waals surface area (Å²) in [6.45, 7) is 3.18. The van der Waals surface area contributed by atoms with Crippen molar-refractivity contribution < 1.29 is 23.5 Å². The molecule has 0 atom stereocenters. The van der Waals surface area contributed by atoms with Gasteiger partial charge >= 0.3 is 5.97 Å². The molecule has 1 N–H and O–H groups in total. The molecule has 0 fully saturated rings. The Labute approximate surface area is 116 Å². The monoisotopic (exact) mass is 282 g/mol. The Morgan fingerprint density at radius 3 is 2.60 bits per heavy atom. The average molecular weight is 282 g/mol. The minimum atomic E-state index is -0.510. The van der Waals surface area contributed by atoms with Crippen molar-refractivity contribution in [3.05, 3.63) is 24.2 Å². The van der Waals surface area contributed by atoms with Crippen LogP contribution >= 0.6 is 0 Å². The highest BCUT2D eigenvalue weighted by molar-refractivity contribution is 5.94. The fraction of sp³-hybridized carbons (Fsp3) is 0.462. The fourth-order valence-corrected chi connectivity index (χ4v) is 1.51. The lowest BCUT2D eigenvalue weighted by atomic mass is 10.3. The smallest absolute Gasteiger partial charge is 0.325 e. The van der Waals surface area contributed by atoms with Gasteiger partial charge in [0.15, 0.2) is 5.76 Å². The van der Waals surface area contributed by atoms with E-state index >= 15 is 0 Å². The van der Waals surface area contributed by atoms with Crippen molar-refractivity contribution in [3.63, 3.8) is 0 Å². The third kappa shape index (κ3) is 4.42. The number of carbonyl (C=O) groups is 3. The number of nitrogens with zero attached hydrogens (tertiary/aromatic N) is 1. The van der Waals surface area contributed by atoms with Crippen molar-refractivity contribution >= 4 is 17.8 Å². The van der Waals surface area contributed by atoms with Crippen LogP contribution in [0.1, 0.15) is 24.4 Å². The Kier molecular flexibility index (Phi) is 5.76. The molecule has 7 nitrogen and oxygen atoms in total. The Balaban J connectivity index is 2.54. The number of rotatable bonds is 6. The van der Waals surface area contributed by atoms with Crippen LogP contribution in [-0.2, 0) is 14.3 Å². The number of carbonyl (C=O) groups excluding carboxylic acids is 3. The highest BCUT2D eigenvalue weighted by atomic mass is 16.5. The minimum Gasteiger partial charge on any atom is -0.468 e. The van der Waals surface area contributed by atoms with Gasteiger partial charge in [0.2, 0.25) is 5.91 Å². The topological polar surface area (TPSA) is 88.9 Å². The van der Waals surface area contributed by atoms with Gasteiger partial charge in [0.1, 0.15) is 6.54 Å². The second-order valence-electron chi connectivity index (χ2n) is 4.35. The first kappa shape index (κ1) is 15.7. The van der Waals surface area contributed by atoms with Crippen molar-refractivity contribution in [2.24, 2.45) is 0 Å². The van der Waals surface area contributed by atoms with Crippen LogP contribution in [0.4, 0.5) is 0 Å². The van der Waals surface area contributed by atoms with E-state index in [0.29, 0.717) is 0 Å². The zero-order chi connectivity index (χ0) is 15.1. The molecule has 20 heavy (non-hydrogen) atoms. The number of ether oxygens (including phenoxy) is 1. The van der Waals surface area contributed by atoms with Gasteiger partial charge in [-0.25, -0.2) is 0 Å². The summed E-state index contributed by atoms with van der Waals surface area (Å²) in [6, 6.07) is 2.89. The molecule has 110 valence electrons.